The molecule has 2 rings (SSSR count). The Labute approximate surface area is 135 Å². The minimum atomic E-state index is -3.38. The highest BCUT2D eigenvalue weighted by atomic mass is 32.2. The molecule has 0 amide bonds. The lowest BCUT2D eigenvalue weighted by molar-refractivity contribution is -0.0443. The number of likely N-dealkylation sites (tertiary alicyclic amines) is 1. The molecule has 6 nitrogen and oxygen atoms in total. The predicted molar refractivity (Wildman–Crippen MR) is 88.0 cm³/mol. The molecule has 130 valence electrons. The topological polar surface area (TPSA) is 61.9 Å². The summed E-state index contributed by atoms with van der Waals surface area (Å²) in [6, 6.07) is 0.631. The molecule has 0 radical (unpaired) electrons. The number of rotatable bonds is 6. The van der Waals surface area contributed by atoms with Gasteiger partial charge in [0.2, 0.25) is 0 Å². The third kappa shape index (κ3) is 5.16. The maximum absolute atomic E-state index is 12.3. The number of piperidine rings is 1. The minimum Gasteiger partial charge on any atom is -0.373 e. The number of ether oxygens (including phenoxy) is 1. The summed E-state index contributed by atoms with van der Waals surface area (Å²) < 4.78 is 34.5. The summed E-state index contributed by atoms with van der Waals surface area (Å²) in [5.74, 6) is 0. The van der Waals surface area contributed by atoms with Gasteiger partial charge in [-0.2, -0.15) is 12.7 Å². The lowest BCUT2D eigenvalue weighted by atomic mass is 10.0. The lowest BCUT2D eigenvalue weighted by Gasteiger charge is -2.35. The normalized spacial score (nSPS) is 32.2. The van der Waals surface area contributed by atoms with Gasteiger partial charge in [0.15, 0.2) is 0 Å². The van der Waals surface area contributed by atoms with Gasteiger partial charge in [-0.05, 0) is 53.1 Å². The molecule has 7 heteroatoms. The van der Waals surface area contributed by atoms with Gasteiger partial charge in [-0.15, -0.1) is 0 Å². The fourth-order valence-corrected chi connectivity index (χ4v) is 4.79. The second-order valence-electron chi connectivity index (χ2n) is 6.71. The van der Waals surface area contributed by atoms with Crippen LogP contribution >= 0.6 is 0 Å². The van der Waals surface area contributed by atoms with Crippen LogP contribution in [0.25, 0.3) is 0 Å². The van der Waals surface area contributed by atoms with E-state index in [1.54, 1.807) is 0 Å². The third-order valence-corrected chi connectivity index (χ3v) is 6.12. The highest BCUT2D eigenvalue weighted by Crippen LogP contribution is 2.16. The second kappa shape index (κ2) is 8.06. The molecule has 0 bridgehead atoms. The molecular weight excluding hydrogens is 302 g/mol. The van der Waals surface area contributed by atoms with Crippen LogP contribution in [0.3, 0.4) is 0 Å². The molecule has 2 fully saturated rings. The smallest absolute Gasteiger partial charge is 0.279 e. The van der Waals surface area contributed by atoms with E-state index in [0.29, 0.717) is 25.7 Å². The van der Waals surface area contributed by atoms with Crippen LogP contribution in [0.1, 0.15) is 46.5 Å². The monoisotopic (exact) mass is 333 g/mol. The lowest BCUT2D eigenvalue weighted by Crippen LogP contribution is -2.52. The van der Waals surface area contributed by atoms with Crippen molar-refractivity contribution in [3.8, 4) is 0 Å². The van der Waals surface area contributed by atoms with E-state index in [1.165, 1.54) is 23.6 Å². The Morgan fingerprint density at radius 1 is 1.14 bits per heavy atom. The van der Waals surface area contributed by atoms with Crippen molar-refractivity contribution in [2.75, 3.05) is 32.7 Å². The first kappa shape index (κ1) is 18.1. The van der Waals surface area contributed by atoms with Crippen LogP contribution in [0.2, 0.25) is 0 Å². The highest BCUT2D eigenvalue weighted by molar-refractivity contribution is 7.87. The predicted octanol–water partition coefficient (Wildman–Crippen LogP) is 1.19. The van der Waals surface area contributed by atoms with Crippen LogP contribution in [-0.2, 0) is 14.9 Å². The molecule has 0 saturated carbocycles. The Morgan fingerprint density at radius 2 is 1.82 bits per heavy atom. The zero-order valence-electron chi connectivity index (χ0n) is 14.1. The van der Waals surface area contributed by atoms with Gasteiger partial charge in [0.05, 0.1) is 12.2 Å². The molecule has 0 aromatic heterocycles. The van der Waals surface area contributed by atoms with Crippen LogP contribution in [0, 0.1) is 0 Å². The van der Waals surface area contributed by atoms with Gasteiger partial charge in [-0.25, -0.2) is 4.72 Å². The summed E-state index contributed by atoms with van der Waals surface area (Å²) in [7, 11) is -3.38. The molecule has 3 unspecified atom stereocenters. The summed E-state index contributed by atoms with van der Waals surface area (Å²) >= 11 is 0. The third-order valence-electron chi connectivity index (χ3n) is 4.57. The van der Waals surface area contributed by atoms with Crippen LogP contribution < -0.4 is 4.72 Å². The van der Waals surface area contributed by atoms with E-state index >= 15 is 0 Å². The van der Waals surface area contributed by atoms with E-state index < -0.39 is 10.2 Å². The van der Waals surface area contributed by atoms with E-state index in [2.05, 4.69) is 16.5 Å². The maximum atomic E-state index is 12.3. The first-order valence-electron chi connectivity index (χ1n) is 8.52. The van der Waals surface area contributed by atoms with Gasteiger partial charge < -0.3 is 9.64 Å². The number of nitrogens with one attached hydrogen (secondary N) is 1. The number of nitrogens with zero attached hydrogens (tertiary/aromatic N) is 2. The average molecular weight is 333 g/mol. The fourth-order valence-electron chi connectivity index (χ4n) is 3.39. The fraction of sp³-hybridized carbons (Fsp3) is 1.00. The highest BCUT2D eigenvalue weighted by Gasteiger charge is 2.30. The maximum Gasteiger partial charge on any atom is 0.279 e. The molecule has 3 atom stereocenters. The van der Waals surface area contributed by atoms with Crippen molar-refractivity contribution in [2.45, 2.75) is 64.7 Å². The van der Waals surface area contributed by atoms with Crippen molar-refractivity contribution in [1.29, 1.82) is 0 Å². The van der Waals surface area contributed by atoms with Crippen molar-refractivity contribution >= 4 is 10.2 Å². The van der Waals surface area contributed by atoms with Crippen LogP contribution in [0.4, 0.5) is 0 Å². The van der Waals surface area contributed by atoms with E-state index in [9.17, 15) is 8.42 Å². The molecular formula is C15H31N3O3S. The van der Waals surface area contributed by atoms with Crippen LogP contribution in [-0.4, -0.2) is 68.6 Å². The van der Waals surface area contributed by atoms with Crippen molar-refractivity contribution in [3.05, 3.63) is 0 Å². The zero-order valence-corrected chi connectivity index (χ0v) is 14.9. The molecule has 1 N–H and O–H groups in total. The minimum absolute atomic E-state index is 0.0467. The molecule has 2 heterocycles. The molecule has 0 aromatic carbocycles. The molecule has 2 saturated heterocycles. The first-order valence-corrected chi connectivity index (χ1v) is 9.96. The van der Waals surface area contributed by atoms with Crippen molar-refractivity contribution in [2.24, 2.45) is 0 Å². The summed E-state index contributed by atoms with van der Waals surface area (Å²) in [5.41, 5.74) is 0. The number of morpholine rings is 1. The van der Waals surface area contributed by atoms with Crippen LogP contribution in [0.15, 0.2) is 0 Å². The Bertz CT molecular complexity index is 433. The molecule has 2 aliphatic heterocycles. The summed E-state index contributed by atoms with van der Waals surface area (Å²) in [5, 5.41) is 0. The summed E-state index contributed by atoms with van der Waals surface area (Å²) in [6.45, 7) is 9.58. The Balaban J connectivity index is 1.73. The molecule has 0 aromatic rings. The van der Waals surface area contributed by atoms with Crippen LogP contribution in [0.5, 0.6) is 0 Å². The van der Waals surface area contributed by atoms with Gasteiger partial charge >= 0.3 is 0 Å². The van der Waals surface area contributed by atoms with E-state index in [4.69, 9.17) is 4.74 Å². The molecule has 22 heavy (non-hydrogen) atoms. The van der Waals surface area contributed by atoms with Gasteiger partial charge in [0.25, 0.3) is 10.2 Å². The molecule has 2 aliphatic rings. The van der Waals surface area contributed by atoms with Crippen molar-refractivity contribution in [1.82, 2.24) is 13.9 Å². The quantitative estimate of drug-likeness (QED) is 0.742. The van der Waals surface area contributed by atoms with E-state index in [-0.39, 0.29) is 12.2 Å². The Morgan fingerprint density at radius 3 is 2.45 bits per heavy atom. The van der Waals surface area contributed by atoms with Gasteiger partial charge in [-0.1, -0.05) is 6.42 Å². The van der Waals surface area contributed by atoms with Gasteiger partial charge in [0, 0.05) is 25.7 Å². The number of hydrogen-bond acceptors (Lipinski definition) is 4. The van der Waals surface area contributed by atoms with E-state index in [0.717, 1.165) is 19.5 Å². The molecule has 0 spiro atoms. The molecule has 0 aliphatic carbocycles. The number of hydrogen-bond donors (Lipinski definition) is 1. The average Bonchev–Trinajstić information content (AvgIpc) is 2.44. The summed E-state index contributed by atoms with van der Waals surface area (Å²) in [6.07, 6.45) is 4.61. The van der Waals surface area contributed by atoms with Crippen molar-refractivity contribution in [3.63, 3.8) is 0 Å². The second-order valence-corrected chi connectivity index (χ2v) is 8.46. The Kier molecular flexibility index (Phi) is 6.64. The Hall–Kier alpha value is -0.210. The standard InChI is InChI=1S/C15H31N3O3S/c1-13-7-4-5-9-17(13)10-6-8-16-22(19,20)18-11-14(2)21-15(3)12-18/h13-16H,4-12H2,1-3H3. The first-order chi connectivity index (χ1) is 10.4. The largest absolute Gasteiger partial charge is 0.373 e. The van der Waals surface area contributed by atoms with Gasteiger partial charge in [0.1, 0.15) is 0 Å². The van der Waals surface area contributed by atoms with Crippen molar-refractivity contribution < 1.29 is 13.2 Å². The summed E-state index contributed by atoms with van der Waals surface area (Å²) in [4.78, 5) is 2.47. The SMILES string of the molecule is CC1CN(S(=O)(=O)NCCCN2CCCCC2C)CC(C)O1. The van der Waals surface area contributed by atoms with E-state index in [1.807, 2.05) is 13.8 Å². The zero-order chi connectivity index (χ0) is 16.2. The van der Waals surface area contributed by atoms with Gasteiger partial charge in [-0.3, -0.25) is 0 Å².